The van der Waals surface area contributed by atoms with Crippen molar-refractivity contribution in [3.63, 3.8) is 0 Å². The van der Waals surface area contributed by atoms with Crippen LogP contribution >= 0.6 is 0 Å². The van der Waals surface area contributed by atoms with E-state index in [1.54, 1.807) is 6.92 Å². The first-order valence-corrected chi connectivity index (χ1v) is 7.49. The molecule has 3 N–H and O–H groups in total. The van der Waals surface area contributed by atoms with Crippen molar-refractivity contribution in [2.75, 3.05) is 0 Å². The Labute approximate surface area is 142 Å². The number of amides is 1. The van der Waals surface area contributed by atoms with E-state index in [-0.39, 0.29) is 12.0 Å². The van der Waals surface area contributed by atoms with Gasteiger partial charge in [0.1, 0.15) is 5.82 Å². The van der Waals surface area contributed by atoms with Gasteiger partial charge in [0, 0.05) is 17.7 Å². The molecule has 0 saturated carbocycles. The minimum atomic E-state index is -0.888. The molecule has 8 heteroatoms. The van der Waals surface area contributed by atoms with Gasteiger partial charge < -0.3 is 15.5 Å². The summed E-state index contributed by atoms with van der Waals surface area (Å²) in [5.41, 5.74) is 0.0954. The second kappa shape index (κ2) is 7.71. The summed E-state index contributed by atoms with van der Waals surface area (Å²) in [5.74, 6) is -1.55. The molecular weight excluding hydrogens is 331 g/mol. The molecule has 0 spiro atoms. The summed E-state index contributed by atoms with van der Waals surface area (Å²) < 4.78 is 12.9. The van der Waals surface area contributed by atoms with Crippen molar-refractivity contribution in [2.45, 2.75) is 25.5 Å². The summed E-state index contributed by atoms with van der Waals surface area (Å²) in [7, 11) is 0. The second-order valence-electron chi connectivity index (χ2n) is 5.64. The van der Waals surface area contributed by atoms with E-state index in [1.165, 1.54) is 30.3 Å². The lowest BCUT2D eigenvalue weighted by Crippen LogP contribution is -2.33. The lowest BCUT2D eigenvalue weighted by atomic mass is 10.0. The van der Waals surface area contributed by atoms with Gasteiger partial charge in [-0.2, -0.15) is 0 Å². The summed E-state index contributed by atoms with van der Waals surface area (Å²) in [6.45, 7) is 1.68. The zero-order valence-corrected chi connectivity index (χ0v) is 13.3. The third-order valence-electron chi connectivity index (χ3n) is 3.64. The zero-order valence-electron chi connectivity index (χ0n) is 13.3. The summed E-state index contributed by atoms with van der Waals surface area (Å²) in [4.78, 5) is 22.0. The summed E-state index contributed by atoms with van der Waals surface area (Å²) >= 11 is 0. The fraction of sp³-hybridized carbons (Fsp3) is 0.235. The van der Waals surface area contributed by atoms with Crippen molar-refractivity contribution in [3.8, 4) is 5.75 Å². The topological polar surface area (TPSA) is 113 Å². The molecule has 0 unspecified atom stereocenters. The van der Waals surface area contributed by atoms with Gasteiger partial charge in [0.2, 0.25) is 0 Å². The number of nitro groups is 1. The van der Waals surface area contributed by atoms with Gasteiger partial charge in [-0.05, 0) is 43.2 Å². The molecule has 2 atom stereocenters. The van der Waals surface area contributed by atoms with E-state index in [2.05, 4.69) is 5.32 Å². The molecule has 0 bridgehead atoms. The van der Waals surface area contributed by atoms with E-state index in [9.17, 15) is 29.5 Å². The third-order valence-corrected chi connectivity index (χ3v) is 3.64. The highest BCUT2D eigenvalue weighted by atomic mass is 19.1. The van der Waals surface area contributed by atoms with Gasteiger partial charge in [-0.1, -0.05) is 12.1 Å². The van der Waals surface area contributed by atoms with Gasteiger partial charge in [0.05, 0.1) is 11.0 Å². The number of carbonyl (C=O) groups excluding carboxylic acids is 1. The number of aliphatic hydroxyl groups is 1. The Balaban J connectivity index is 1.98. The average Bonchev–Trinajstić information content (AvgIpc) is 2.54. The maximum Gasteiger partial charge on any atom is 0.310 e. The van der Waals surface area contributed by atoms with Crippen LogP contribution in [0, 0.1) is 15.9 Å². The molecule has 0 fully saturated rings. The quantitative estimate of drug-likeness (QED) is 0.549. The molecule has 25 heavy (non-hydrogen) atoms. The Morgan fingerprint density at radius 3 is 2.48 bits per heavy atom. The van der Waals surface area contributed by atoms with Gasteiger partial charge in [-0.15, -0.1) is 0 Å². The van der Waals surface area contributed by atoms with Crippen LogP contribution in [0.2, 0.25) is 0 Å². The number of benzene rings is 2. The molecule has 2 rings (SSSR count). The lowest BCUT2D eigenvalue weighted by Gasteiger charge is -2.18. The van der Waals surface area contributed by atoms with Crippen molar-refractivity contribution >= 4 is 11.6 Å². The first kappa shape index (κ1) is 18.3. The number of phenols is 1. The maximum absolute atomic E-state index is 12.9. The number of phenolic OH excluding ortho intramolecular Hbond substituents is 1. The van der Waals surface area contributed by atoms with Crippen LogP contribution in [0.5, 0.6) is 5.75 Å². The molecule has 0 aliphatic heterocycles. The predicted octanol–water partition coefficient (Wildman–Crippen LogP) is 2.68. The number of aliphatic hydroxyl groups excluding tert-OH is 1. The van der Waals surface area contributed by atoms with E-state index in [1.807, 2.05) is 0 Å². The van der Waals surface area contributed by atoms with Crippen LogP contribution in [0.1, 0.15) is 35.4 Å². The van der Waals surface area contributed by atoms with Crippen molar-refractivity contribution < 1.29 is 24.3 Å². The van der Waals surface area contributed by atoms with Gasteiger partial charge in [0.15, 0.2) is 5.75 Å². The highest BCUT2D eigenvalue weighted by molar-refractivity contribution is 5.95. The number of hydrogen-bond acceptors (Lipinski definition) is 5. The predicted molar refractivity (Wildman–Crippen MR) is 87.7 cm³/mol. The fourth-order valence-electron chi connectivity index (χ4n) is 2.34. The first-order valence-electron chi connectivity index (χ1n) is 7.49. The Kier molecular flexibility index (Phi) is 5.66. The first-order chi connectivity index (χ1) is 11.8. The smallest absolute Gasteiger partial charge is 0.310 e. The molecule has 0 saturated heterocycles. The molecule has 2 aromatic rings. The van der Waals surface area contributed by atoms with Crippen molar-refractivity contribution in [2.24, 2.45) is 0 Å². The van der Waals surface area contributed by atoms with E-state index in [4.69, 9.17) is 0 Å². The van der Waals surface area contributed by atoms with Crippen LogP contribution < -0.4 is 5.32 Å². The molecule has 7 nitrogen and oxygen atoms in total. The Morgan fingerprint density at radius 2 is 1.92 bits per heavy atom. The fourth-order valence-corrected chi connectivity index (χ4v) is 2.34. The number of halogens is 1. The Morgan fingerprint density at radius 1 is 1.28 bits per heavy atom. The zero-order chi connectivity index (χ0) is 18.6. The molecular formula is C17H17FN2O5. The van der Waals surface area contributed by atoms with Crippen molar-refractivity contribution in [1.29, 1.82) is 0 Å². The van der Waals surface area contributed by atoms with Crippen LogP contribution in [0.15, 0.2) is 42.5 Å². The monoisotopic (exact) mass is 348 g/mol. The lowest BCUT2D eigenvalue weighted by molar-refractivity contribution is -0.385. The number of rotatable bonds is 6. The number of nitro benzene ring substituents is 1. The van der Waals surface area contributed by atoms with Gasteiger partial charge in [-0.25, -0.2) is 4.39 Å². The third kappa shape index (κ3) is 4.74. The largest absolute Gasteiger partial charge is 0.502 e. The molecule has 1 amide bonds. The van der Waals surface area contributed by atoms with E-state index >= 15 is 0 Å². The minimum Gasteiger partial charge on any atom is -0.502 e. The van der Waals surface area contributed by atoms with Gasteiger partial charge >= 0.3 is 5.69 Å². The van der Waals surface area contributed by atoms with Gasteiger partial charge in [-0.3, -0.25) is 14.9 Å². The number of nitrogens with zero attached hydrogens (tertiary/aromatic N) is 1. The molecule has 2 aromatic carbocycles. The SMILES string of the molecule is C[C@H](C[C@@H](O)c1ccc(F)cc1)NC(=O)c1ccc([N+](=O)[O-])c(O)c1. The molecule has 0 aliphatic rings. The van der Waals surface area contributed by atoms with E-state index in [0.717, 1.165) is 12.1 Å². The highest BCUT2D eigenvalue weighted by Gasteiger charge is 2.19. The van der Waals surface area contributed by atoms with Crippen LogP contribution in [-0.2, 0) is 0 Å². The van der Waals surface area contributed by atoms with Gasteiger partial charge in [0.25, 0.3) is 5.91 Å². The maximum atomic E-state index is 12.9. The number of nitrogens with one attached hydrogen (secondary N) is 1. The minimum absolute atomic E-state index is 0.0613. The molecule has 0 aromatic heterocycles. The number of aromatic hydroxyl groups is 1. The Hall–Kier alpha value is -3.00. The van der Waals surface area contributed by atoms with Crippen LogP contribution in [0.4, 0.5) is 10.1 Å². The normalized spacial score (nSPS) is 13.1. The van der Waals surface area contributed by atoms with Crippen LogP contribution in [-0.4, -0.2) is 27.1 Å². The number of hydrogen-bond donors (Lipinski definition) is 3. The summed E-state index contributed by atoms with van der Waals surface area (Å²) in [6.07, 6.45) is -0.697. The standard InChI is InChI=1S/C17H17FN2O5/c1-10(8-15(21)11-2-5-13(18)6-3-11)19-17(23)12-4-7-14(20(24)25)16(22)9-12/h2-7,9-10,15,21-22H,8H2,1H3,(H,19,23)/t10-,15-/m1/s1. The molecule has 0 radical (unpaired) electrons. The van der Waals surface area contributed by atoms with Crippen LogP contribution in [0.3, 0.4) is 0 Å². The van der Waals surface area contributed by atoms with Crippen molar-refractivity contribution in [1.82, 2.24) is 5.32 Å². The number of carbonyl (C=O) groups is 1. The van der Waals surface area contributed by atoms with E-state index in [0.29, 0.717) is 5.56 Å². The molecule has 0 aliphatic carbocycles. The molecule has 0 heterocycles. The average molecular weight is 348 g/mol. The Bertz CT molecular complexity index is 779. The highest BCUT2D eigenvalue weighted by Crippen LogP contribution is 2.26. The summed E-state index contributed by atoms with van der Waals surface area (Å²) in [6, 6.07) is 8.26. The van der Waals surface area contributed by atoms with E-state index < -0.39 is 40.2 Å². The molecule has 132 valence electrons. The van der Waals surface area contributed by atoms with Crippen LogP contribution in [0.25, 0.3) is 0 Å². The second-order valence-corrected chi connectivity index (χ2v) is 5.64. The summed E-state index contributed by atoms with van der Waals surface area (Å²) in [5, 5.41) is 33.0. The van der Waals surface area contributed by atoms with Crippen molar-refractivity contribution in [3.05, 3.63) is 69.5 Å².